The van der Waals surface area contributed by atoms with Crippen LogP contribution in [0.25, 0.3) is 0 Å². The summed E-state index contributed by atoms with van der Waals surface area (Å²) in [7, 11) is 0. The summed E-state index contributed by atoms with van der Waals surface area (Å²) in [5, 5.41) is 0. The van der Waals surface area contributed by atoms with Crippen molar-refractivity contribution in [3.05, 3.63) is 53.9 Å². The second-order valence-corrected chi connectivity index (χ2v) is 4.95. The molecule has 1 saturated heterocycles. The van der Waals surface area contributed by atoms with E-state index in [2.05, 4.69) is 15.0 Å². The molecule has 3 rings (SSSR count). The molecule has 0 aromatic carbocycles. The second kappa shape index (κ2) is 5.36. The zero-order valence-electron chi connectivity index (χ0n) is 11.4. The quantitative estimate of drug-likeness (QED) is 0.837. The number of hydrogen-bond acceptors (Lipinski definition) is 4. The largest absolute Gasteiger partial charge is 0.329 e. The lowest BCUT2D eigenvalue weighted by Gasteiger charge is -2.23. The summed E-state index contributed by atoms with van der Waals surface area (Å²) in [5.74, 6) is -0.0642. The van der Waals surface area contributed by atoms with Crippen molar-refractivity contribution < 1.29 is 4.79 Å². The minimum Gasteiger partial charge on any atom is -0.329 e. The molecule has 1 aliphatic heterocycles. The second-order valence-electron chi connectivity index (χ2n) is 4.95. The van der Waals surface area contributed by atoms with E-state index in [1.54, 1.807) is 18.6 Å². The van der Waals surface area contributed by atoms with E-state index in [0.29, 0.717) is 5.69 Å². The first-order chi connectivity index (χ1) is 9.75. The third-order valence-electron chi connectivity index (χ3n) is 3.54. The summed E-state index contributed by atoms with van der Waals surface area (Å²) >= 11 is 0. The summed E-state index contributed by atoms with van der Waals surface area (Å²) in [5.41, 5.74) is 2.15. The van der Waals surface area contributed by atoms with Crippen molar-refractivity contribution in [3.8, 4) is 0 Å². The van der Waals surface area contributed by atoms with Gasteiger partial charge in [-0.15, -0.1) is 0 Å². The van der Waals surface area contributed by atoms with Crippen LogP contribution in [0.2, 0.25) is 0 Å². The van der Waals surface area contributed by atoms with Crippen molar-refractivity contribution in [1.29, 1.82) is 0 Å². The third-order valence-corrected chi connectivity index (χ3v) is 3.54. The van der Waals surface area contributed by atoms with Crippen LogP contribution >= 0.6 is 0 Å². The van der Waals surface area contributed by atoms with Gasteiger partial charge in [0.1, 0.15) is 5.69 Å². The van der Waals surface area contributed by atoms with Gasteiger partial charge in [-0.2, -0.15) is 0 Å². The maximum Gasteiger partial charge on any atom is 0.274 e. The van der Waals surface area contributed by atoms with E-state index < -0.39 is 0 Å². The molecule has 0 spiro atoms. The van der Waals surface area contributed by atoms with Gasteiger partial charge >= 0.3 is 0 Å². The van der Waals surface area contributed by atoms with Gasteiger partial charge in [0, 0.05) is 18.9 Å². The topological polar surface area (TPSA) is 59.0 Å². The zero-order chi connectivity index (χ0) is 13.9. The van der Waals surface area contributed by atoms with Gasteiger partial charge in [0.25, 0.3) is 5.91 Å². The molecule has 1 fully saturated rings. The van der Waals surface area contributed by atoms with Crippen molar-refractivity contribution in [2.24, 2.45) is 0 Å². The first kappa shape index (κ1) is 12.7. The fraction of sp³-hybridized carbons (Fsp3) is 0.333. The Kier molecular flexibility index (Phi) is 3.41. The van der Waals surface area contributed by atoms with Gasteiger partial charge in [-0.25, -0.2) is 4.98 Å². The van der Waals surface area contributed by atoms with Crippen molar-refractivity contribution in [2.45, 2.75) is 25.8 Å². The average molecular weight is 268 g/mol. The van der Waals surface area contributed by atoms with E-state index in [0.717, 1.165) is 30.8 Å². The molecular weight excluding hydrogens is 252 g/mol. The lowest BCUT2D eigenvalue weighted by Crippen LogP contribution is -2.31. The summed E-state index contributed by atoms with van der Waals surface area (Å²) in [4.78, 5) is 27.1. The first-order valence-electron chi connectivity index (χ1n) is 6.76. The fourth-order valence-corrected chi connectivity index (χ4v) is 2.54. The minimum absolute atomic E-state index is 0.0480. The predicted octanol–water partition coefficient (Wildman–Crippen LogP) is 2.16. The van der Waals surface area contributed by atoms with Crippen LogP contribution in [0.3, 0.4) is 0 Å². The predicted molar refractivity (Wildman–Crippen MR) is 74.0 cm³/mol. The minimum atomic E-state index is -0.0642. The number of carbonyl (C=O) groups is 1. The molecular formula is C15H16N4O. The average Bonchev–Trinajstić information content (AvgIpc) is 2.97. The van der Waals surface area contributed by atoms with E-state index in [4.69, 9.17) is 0 Å². The van der Waals surface area contributed by atoms with E-state index in [-0.39, 0.29) is 11.9 Å². The SMILES string of the molecule is Cc1cnc(C(=O)N2CCCC2c2ccccn2)cn1. The number of amides is 1. The molecule has 20 heavy (non-hydrogen) atoms. The Labute approximate surface area is 117 Å². The van der Waals surface area contributed by atoms with Gasteiger partial charge in [0.2, 0.25) is 0 Å². The molecule has 1 atom stereocenters. The molecule has 1 aliphatic rings. The van der Waals surface area contributed by atoms with Crippen LogP contribution in [0.5, 0.6) is 0 Å². The zero-order valence-corrected chi connectivity index (χ0v) is 11.4. The van der Waals surface area contributed by atoms with Crippen LogP contribution in [0.1, 0.15) is 40.8 Å². The van der Waals surface area contributed by atoms with Gasteiger partial charge in [-0.3, -0.25) is 14.8 Å². The smallest absolute Gasteiger partial charge is 0.274 e. The highest BCUT2D eigenvalue weighted by molar-refractivity contribution is 5.92. The van der Waals surface area contributed by atoms with Crippen LogP contribution in [-0.4, -0.2) is 32.3 Å². The molecule has 0 radical (unpaired) electrons. The van der Waals surface area contributed by atoms with Gasteiger partial charge in [0.05, 0.1) is 23.6 Å². The van der Waals surface area contributed by atoms with Gasteiger partial charge in [-0.05, 0) is 31.9 Å². The highest BCUT2D eigenvalue weighted by Crippen LogP contribution is 2.31. The Morgan fingerprint density at radius 3 is 2.85 bits per heavy atom. The lowest BCUT2D eigenvalue weighted by molar-refractivity contribution is 0.0726. The summed E-state index contributed by atoms with van der Waals surface area (Å²) < 4.78 is 0. The van der Waals surface area contributed by atoms with Crippen molar-refractivity contribution in [1.82, 2.24) is 19.9 Å². The van der Waals surface area contributed by atoms with Crippen LogP contribution in [0, 0.1) is 6.92 Å². The highest BCUT2D eigenvalue weighted by Gasteiger charge is 2.31. The third kappa shape index (κ3) is 2.39. The van der Waals surface area contributed by atoms with Crippen molar-refractivity contribution in [3.63, 3.8) is 0 Å². The maximum atomic E-state index is 12.5. The van der Waals surface area contributed by atoms with Crippen molar-refractivity contribution >= 4 is 5.91 Å². The van der Waals surface area contributed by atoms with E-state index >= 15 is 0 Å². The molecule has 2 aromatic heterocycles. The van der Waals surface area contributed by atoms with Crippen LogP contribution in [0.15, 0.2) is 36.8 Å². The molecule has 3 heterocycles. The maximum absolute atomic E-state index is 12.5. The standard InChI is InChI=1S/C15H16N4O/c1-11-9-18-13(10-17-11)15(20)19-8-4-6-14(19)12-5-2-3-7-16-12/h2-3,5,7,9-10,14H,4,6,8H2,1H3. The van der Waals surface area contributed by atoms with Crippen LogP contribution < -0.4 is 0 Å². The molecule has 1 amide bonds. The molecule has 1 unspecified atom stereocenters. The normalized spacial score (nSPS) is 18.2. The summed E-state index contributed by atoms with van der Waals surface area (Å²) in [6.07, 6.45) is 6.88. The Morgan fingerprint density at radius 2 is 2.15 bits per heavy atom. The number of hydrogen-bond donors (Lipinski definition) is 0. The fourth-order valence-electron chi connectivity index (χ4n) is 2.54. The summed E-state index contributed by atoms with van der Waals surface area (Å²) in [6.45, 7) is 2.60. The number of nitrogens with zero attached hydrogens (tertiary/aromatic N) is 4. The van der Waals surface area contributed by atoms with Gasteiger partial charge < -0.3 is 4.90 Å². The molecule has 0 N–H and O–H groups in total. The summed E-state index contributed by atoms with van der Waals surface area (Å²) in [6, 6.07) is 5.86. The monoisotopic (exact) mass is 268 g/mol. The lowest BCUT2D eigenvalue weighted by atomic mass is 10.1. The first-order valence-corrected chi connectivity index (χ1v) is 6.76. The Morgan fingerprint density at radius 1 is 1.25 bits per heavy atom. The number of rotatable bonds is 2. The van der Waals surface area contributed by atoms with E-state index in [1.807, 2.05) is 30.0 Å². The Balaban J connectivity index is 1.85. The van der Waals surface area contributed by atoms with Crippen molar-refractivity contribution in [2.75, 3.05) is 6.54 Å². The number of aromatic nitrogens is 3. The molecule has 0 saturated carbocycles. The van der Waals surface area contributed by atoms with Gasteiger partial charge in [0.15, 0.2) is 0 Å². The van der Waals surface area contributed by atoms with Crippen LogP contribution in [-0.2, 0) is 0 Å². The molecule has 2 aromatic rings. The van der Waals surface area contributed by atoms with E-state index in [1.165, 1.54) is 0 Å². The Bertz CT molecular complexity index is 597. The molecule has 0 bridgehead atoms. The highest BCUT2D eigenvalue weighted by atomic mass is 16.2. The van der Waals surface area contributed by atoms with Crippen LogP contribution in [0.4, 0.5) is 0 Å². The number of pyridine rings is 1. The molecule has 5 nitrogen and oxygen atoms in total. The number of aryl methyl sites for hydroxylation is 1. The van der Waals surface area contributed by atoms with E-state index in [9.17, 15) is 4.79 Å². The molecule has 0 aliphatic carbocycles. The number of likely N-dealkylation sites (tertiary alicyclic amines) is 1. The Hall–Kier alpha value is -2.30. The molecule has 102 valence electrons. The molecule has 5 heteroatoms. The number of carbonyl (C=O) groups excluding carboxylic acids is 1. The van der Waals surface area contributed by atoms with Gasteiger partial charge in [-0.1, -0.05) is 6.07 Å².